The maximum absolute atomic E-state index is 13.2. The number of nitrogen functional groups attached to an aromatic ring is 1. The van der Waals surface area contributed by atoms with E-state index in [1.54, 1.807) is 52.9 Å². The summed E-state index contributed by atoms with van der Waals surface area (Å²) in [7, 11) is 0. The molecule has 3 rings (SSSR count). The number of hydrogen-bond donors (Lipinski definition) is 1. The molecular weight excluding hydrogens is 314 g/mol. The summed E-state index contributed by atoms with van der Waals surface area (Å²) in [4.78, 5) is 26.2. The summed E-state index contributed by atoms with van der Waals surface area (Å²) < 4.78 is 3.24. The number of ketones is 1. The van der Waals surface area contributed by atoms with Gasteiger partial charge in [0, 0.05) is 29.3 Å². The van der Waals surface area contributed by atoms with Crippen LogP contribution in [0.5, 0.6) is 0 Å². The zero-order chi connectivity index (χ0) is 18.1. The van der Waals surface area contributed by atoms with Gasteiger partial charge in [0.15, 0.2) is 0 Å². The quantitative estimate of drug-likeness (QED) is 0.588. The second kappa shape index (κ2) is 6.43. The third-order valence-corrected chi connectivity index (χ3v) is 4.25. The van der Waals surface area contributed by atoms with Crippen molar-refractivity contribution in [3.63, 3.8) is 0 Å². The van der Waals surface area contributed by atoms with Crippen molar-refractivity contribution in [3.8, 4) is 0 Å². The van der Waals surface area contributed by atoms with E-state index in [0.717, 1.165) is 5.69 Å². The maximum Gasteiger partial charge on any atom is 0.281 e. The number of nitrogens with zero attached hydrogens (tertiary/aromatic N) is 2. The Morgan fingerprint density at radius 3 is 2.32 bits per heavy atom. The molecule has 0 unspecified atom stereocenters. The van der Waals surface area contributed by atoms with Crippen LogP contribution in [0.4, 0.5) is 5.69 Å². The van der Waals surface area contributed by atoms with Gasteiger partial charge < -0.3 is 5.73 Å². The highest BCUT2D eigenvalue weighted by Gasteiger charge is 2.22. The fraction of sp³-hybridized carbons (Fsp3) is 0.200. The number of benzene rings is 1. The lowest BCUT2D eigenvalue weighted by Crippen LogP contribution is -2.34. The zero-order valence-corrected chi connectivity index (χ0v) is 14.6. The van der Waals surface area contributed by atoms with Gasteiger partial charge in [-0.25, -0.2) is 4.68 Å². The van der Waals surface area contributed by atoms with E-state index in [1.165, 1.54) is 0 Å². The second-order valence-electron chi connectivity index (χ2n) is 6.38. The number of para-hydroxylation sites is 1. The van der Waals surface area contributed by atoms with Gasteiger partial charge in [-0.2, -0.15) is 0 Å². The van der Waals surface area contributed by atoms with E-state index in [4.69, 9.17) is 5.73 Å². The normalized spacial score (nSPS) is 11.0. The molecule has 0 atom stereocenters. The fourth-order valence-electron chi connectivity index (χ4n) is 2.97. The van der Waals surface area contributed by atoms with Gasteiger partial charge in [0.2, 0.25) is 5.78 Å². The van der Waals surface area contributed by atoms with Crippen molar-refractivity contribution in [2.24, 2.45) is 0 Å². The van der Waals surface area contributed by atoms with E-state index in [1.807, 2.05) is 32.0 Å². The number of anilines is 1. The molecule has 5 nitrogen and oxygen atoms in total. The summed E-state index contributed by atoms with van der Waals surface area (Å²) >= 11 is 0. The van der Waals surface area contributed by atoms with Crippen molar-refractivity contribution in [2.75, 3.05) is 5.73 Å². The van der Waals surface area contributed by atoms with Gasteiger partial charge in [-0.15, -0.1) is 0 Å². The van der Waals surface area contributed by atoms with Crippen molar-refractivity contribution in [2.45, 2.75) is 26.7 Å². The Kier molecular flexibility index (Phi) is 4.31. The van der Waals surface area contributed by atoms with E-state index in [-0.39, 0.29) is 22.8 Å². The van der Waals surface area contributed by atoms with Crippen LogP contribution in [0.1, 0.15) is 46.9 Å². The lowest BCUT2D eigenvalue weighted by Gasteiger charge is -2.19. The number of hydrogen-bond acceptors (Lipinski definition) is 3. The molecule has 0 aliphatic carbocycles. The third-order valence-electron chi connectivity index (χ3n) is 4.25. The van der Waals surface area contributed by atoms with E-state index in [9.17, 15) is 9.59 Å². The molecule has 128 valence electrons. The number of pyridine rings is 1. The third kappa shape index (κ3) is 2.89. The molecule has 0 amide bonds. The molecule has 1 aromatic carbocycles. The molecular formula is C20H21N3O2. The summed E-state index contributed by atoms with van der Waals surface area (Å²) in [6.07, 6.45) is 3.57. The molecule has 2 heterocycles. The Bertz CT molecular complexity index is 983. The first kappa shape index (κ1) is 16.8. The number of carbonyl (C=O) groups is 1. The standard InChI is InChI=1S/C20H21N3O2/c1-13(2)17-12-14(3)18(19(24)15-8-4-5-9-16(15)21)20(25)23(17)22-10-6-7-11-22/h4-13H,21H2,1-3H3. The number of aryl methyl sites for hydroxylation is 1. The minimum atomic E-state index is -0.350. The lowest BCUT2D eigenvalue weighted by atomic mass is 9.97. The summed E-state index contributed by atoms with van der Waals surface area (Å²) in [5.41, 5.74) is 7.96. The predicted octanol–water partition coefficient (Wildman–Crippen LogP) is 3.21. The number of aromatic nitrogens is 2. The van der Waals surface area contributed by atoms with Crippen molar-refractivity contribution < 1.29 is 4.79 Å². The minimum Gasteiger partial charge on any atom is -0.398 e. The van der Waals surface area contributed by atoms with Crippen LogP contribution in [0.25, 0.3) is 0 Å². The van der Waals surface area contributed by atoms with Gasteiger partial charge in [0.05, 0.1) is 5.56 Å². The molecule has 2 N–H and O–H groups in total. The van der Waals surface area contributed by atoms with Crippen LogP contribution in [0, 0.1) is 6.92 Å². The summed E-state index contributed by atoms with van der Waals surface area (Å²) in [5.74, 6) is -0.225. The first-order chi connectivity index (χ1) is 11.9. The monoisotopic (exact) mass is 335 g/mol. The summed E-state index contributed by atoms with van der Waals surface area (Å²) in [6.45, 7) is 5.83. The molecule has 0 aliphatic rings. The Hall–Kier alpha value is -3.08. The van der Waals surface area contributed by atoms with Crippen molar-refractivity contribution in [1.29, 1.82) is 0 Å². The number of rotatable bonds is 4. The van der Waals surface area contributed by atoms with Gasteiger partial charge in [-0.3, -0.25) is 14.3 Å². The van der Waals surface area contributed by atoms with E-state index in [2.05, 4.69) is 0 Å². The van der Waals surface area contributed by atoms with Gasteiger partial charge in [0.1, 0.15) is 0 Å². The largest absolute Gasteiger partial charge is 0.398 e. The van der Waals surface area contributed by atoms with Crippen LogP contribution in [0.15, 0.2) is 59.7 Å². The van der Waals surface area contributed by atoms with Crippen LogP contribution in [0.2, 0.25) is 0 Å². The minimum absolute atomic E-state index is 0.125. The van der Waals surface area contributed by atoms with Crippen LogP contribution in [-0.2, 0) is 0 Å². The molecule has 0 aliphatic heterocycles. The first-order valence-corrected chi connectivity index (χ1v) is 8.21. The van der Waals surface area contributed by atoms with Crippen LogP contribution in [-0.4, -0.2) is 15.1 Å². The average molecular weight is 335 g/mol. The zero-order valence-electron chi connectivity index (χ0n) is 14.6. The van der Waals surface area contributed by atoms with Gasteiger partial charge in [-0.1, -0.05) is 26.0 Å². The predicted molar refractivity (Wildman–Crippen MR) is 99.0 cm³/mol. The topological polar surface area (TPSA) is 70.0 Å². The molecule has 2 aromatic heterocycles. The molecule has 0 fully saturated rings. The lowest BCUT2D eigenvalue weighted by molar-refractivity contribution is 0.103. The number of carbonyl (C=O) groups excluding carboxylic acids is 1. The van der Waals surface area contributed by atoms with Crippen molar-refractivity contribution in [3.05, 3.63) is 87.6 Å². The highest BCUT2D eigenvalue weighted by atomic mass is 16.2. The molecule has 5 heteroatoms. The first-order valence-electron chi connectivity index (χ1n) is 8.21. The van der Waals surface area contributed by atoms with Gasteiger partial charge >= 0.3 is 0 Å². The number of nitrogens with two attached hydrogens (primary N) is 1. The molecule has 0 saturated carbocycles. The molecule has 25 heavy (non-hydrogen) atoms. The Balaban J connectivity index is 2.29. The van der Waals surface area contributed by atoms with Gasteiger partial charge in [-0.05, 0) is 48.7 Å². The molecule has 0 spiro atoms. The van der Waals surface area contributed by atoms with Crippen LogP contribution < -0.4 is 11.3 Å². The van der Waals surface area contributed by atoms with Gasteiger partial charge in [0.25, 0.3) is 5.56 Å². The van der Waals surface area contributed by atoms with E-state index >= 15 is 0 Å². The molecule has 3 aromatic rings. The maximum atomic E-state index is 13.2. The highest BCUT2D eigenvalue weighted by Crippen LogP contribution is 2.20. The molecule has 0 saturated heterocycles. The second-order valence-corrected chi connectivity index (χ2v) is 6.38. The summed E-state index contributed by atoms with van der Waals surface area (Å²) in [6, 6.07) is 12.4. The van der Waals surface area contributed by atoms with Crippen molar-refractivity contribution >= 4 is 11.5 Å². The van der Waals surface area contributed by atoms with Crippen LogP contribution >= 0.6 is 0 Å². The Labute approximate surface area is 146 Å². The molecule has 0 bridgehead atoms. The highest BCUT2D eigenvalue weighted by molar-refractivity contribution is 6.12. The van der Waals surface area contributed by atoms with E-state index < -0.39 is 0 Å². The Morgan fingerprint density at radius 1 is 1.08 bits per heavy atom. The Morgan fingerprint density at radius 2 is 1.72 bits per heavy atom. The summed E-state index contributed by atoms with van der Waals surface area (Å²) in [5, 5.41) is 0. The van der Waals surface area contributed by atoms with Crippen LogP contribution in [0.3, 0.4) is 0 Å². The average Bonchev–Trinajstić information content (AvgIpc) is 3.08. The fourth-order valence-corrected chi connectivity index (χ4v) is 2.97. The molecule has 0 radical (unpaired) electrons. The smallest absolute Gasteiger partial charge is 0.281 e. The SMILES string of the molecule is Cc1cc(C(C)C)n(-n2cccc2)c(=O)c1C(=O)c1ccccc1N. The van der Waals surface area contributed by atoms with Crippen molar-refractivity contribution in [1.82, 2.24) is 9.35 Å². The van der Waals surface area contributed by atoms with E-state index in [0.29, 0.717) is 16.8 Å².